The Labute approximate surface area is 146 Å². The zero-order chi connectivity index (χ0) is 18.0. The highest BCUT2D eigenvalue weighted by Crippen LogP contribution is 2.53. The van der Waals surface area contributed by atoms with Crippen LogP contribution in [-0.2, 0) is 28.6 Å². The van der Waals surface area contributed by atoms with Crippen molar-refractivity contribution in [2.45, 2.75) is 81.9 Å². The van der Waals surface area contributed by atoms with E-state index in [1.54, 1.807) is 0 Å². The van der Waals surface area contributed by atoms with Gasteiger partial charge in [-0.25, -0.2) is 4.79 Å². The van der Waals surface area contributed by atoms with Gasteiger partial charge in [0.1, 0.15) is 24.1 Å². The summed E-state index contributed by atoms with van der Waals surface area (Å²) in [5, 5.41) is 0. The number of rotatable bonds is 1. The largest absolute Gasteiger partial charge is 0.457 e. The fourth-order valence-corrected chi connectivity index (χ4v) is 4.59. The van der Waals surface area contributed by atoms with Crippen LogP contribution in [-0.4, -0.2) is 47.0 Å². The Kier molecular flexibility index (Phi) is 3.71. The molecule has 4 rings (SSSR count). The summed E-state index contributed by atoms with van der Waals surface area (Å²) in [5.74, 6) is -0.390. The number of fused-ring (bicyclic) bond motifs is 2. The number of carbonyl (C=O) groups is 3. The molecule has 6 nitrogen and oxygen atoms in total. The molecule has 4 heterocycles. The molecule has 6 heteroatoms. The van der Waals surface area contributed by atoms with Gasteiger partial charge in [-0.1, -0.05) is 12.2 Å². The van der Waals surface area contributed by atoms with Gasteiger partial charge in [-0.2, -0.15) is 0 Å². The van der Waals surface area contributed by atoms with Crippen LogP contribution in [0.4, 0.5) is 0 Å². The third-order valence-electron chi connectivity index (χ3n) is 6.10. The third kappa shape index (κ3) is 2.75. The maximum Gasteiger partial charge on any atom is 0.341 e. The second-order valence-electron chi connectivity index (χ2n) is 8.30. The van der Waals surface area contributed by atoms with Crippen molar-refractivity contribution in [2.24, 2.45) is 5.92 Å². The van der Waals surface area contributed by atoms with Crippen LogP contribution >= 0.6 is 0 Å². The molecule has 0 N–H and O–H groups in total. The van der Waals surface area contributed by atoms with Gasteiger partial charge in [0.15, 0.2) is 11.4 Å². The Hall–Kier alpha value is -1.53. The summed E-state index contributed by atoms with van der Waals surface area (Å²) in [6, 6.07) is 0. The number of ether oxygens (including phenoxy) is 3. The quantitative estimate of drug-likeness (QED) is 0.409. The molecule has 136 valence electrons. The maximum absolute atomic E-state index is 12.5. The number of hydrogen-bond donors (Lipinski definition) is 0. The lowest BCUT2D eigenvalue weighted by molar-refractivity contribution is -0.158. The van der Waals surface area contributed by atoms with Crippen LogP contribution in [0.3, 0.4) is 0 Å². The van der Waals surface area contributed by atoms with Crippen molar-refractivity contribution in [3.63, 3.8) is 0 Å². The predicted molar refractivity (Wildman–Crippen MR) is 86.8 cm³/mol. The second-order valence-corrected chi connectivity index (χ2v) is 8.30. The van der Waals surface area contributed by atoms with Gasteiger partial charge in [-0.3, -0.25) is 9.59 Å². The van der Waals surface area contributed by atoms with Crippen LogP contribution in [0.2, 0.25) is 0 Å². The van der Waals surface area contributed by atoms with Gasteiger partial charge in [0.2, 0.25) is 0 Å². The van der Waals surface area contributed by atoms with Gasteiger partial charge < -0.3 is 14.2 Å². The van der Waals surface area contributed by atoms with Gasteiger partial charge in [-0.05, 0) is 32.6 Å². The van der Waals surface area contributed by atoms with E-state index in [1.807, 2.05) is 13.8 Å². The topological polar surface area (TPSA) is 82.2 Å². The summed E-state index contributed by atoms with van der Waals surface area (Å²) in [6.07, 6.45) is 0.945. The number of esters is 1. The molecule has 0 aliphatic carbocycles. The van der Waals surface area contributed by atoms with Crippen LogP contribution in [0.25, 0.3) is 0 Å². The number of hydrogen-bond acceptors (Lipinski definition) is 6. The summed E-state index contributed by atoms with van der Waals surface area (Å²) in [6.45, 7) is 7.72. The summed E-state index contributed by atoms with van der Waals surface area (Å²) in [7, 11) is 0. The molecule has 0 saturated carbocycles. The first-order valence-electron chi connectivity index (χ1n) is 8.99. The molecule has 4 fully saturated rings. The molecular weight excluding hydrogens is 324 g/mol. The van der Waals surface area contributed by atoms with E-state index in [9.17, 15) is 14.4 Å². The number of Topliss-reactive ketones (excluding diaryl/α,β-unsaturated/α-hetero) is 2. The maximum atomic E-state index is 12.5. The first-order chi connectivity index (χ1) is 11.7. The van der Waals surface area contributed by atoms with E-state index in [-0.39, 0.29) is 48.5 Å². The Bertz CT molecular complexity index is 669. The van der Waals surface area contributed by atoms with Gasteiger partial charge in [0, 0.05) is 25.7 Å². The molecule has 0 aromatic heterocycles. The first kappa shape index (κ1) is 16.9. The minimum Gasteiger partial charge on any atom is -0.457 e. The van der Waals surface area contributed by atoms with Crippen molar-refractivity contribution in [3.05, 3.63) is 12.2 Å². The van der Waals surface area contributed by atoms with Crippen molar-refractivity contribution >= 4 is 17.5 Å². The van der Waals surface area contributed by atoms with Crippen LogP contribution in [0.1, 0.15) is 52.4 Å². The van der Waals surface area contributed by atoms with Crippen molar-refractivity contribution < 1.29 is 28.6 Å². The smallest absolute Gasteiger partial charge is 0.341 e. The van der Waals surface area contributed by atoms with E-state index in [0.29, 0.717) is 25.7 Å². The molecule has 0 amide bonds. The van der Waals surface area contributed by atoms with E-state index in [0.717, 1.165) is 5.57 Å². The lowest BCUT2D eigenvalue weighted by Gasteiger charge is -2.27. The molecule has 0 aromatic rings. The minimum absolute atomic E-state index is 0.00773. The van der Waals surface area contributed by atoms with E-state index in [4.69, 9.17) is 14.2 Å². The summed E-state index contributed by atoms with van der Waals surface area (Å²) in [5.41, 5.74) is -0.673. The van der Waals surface area contributed by atoms with E-state index in [2.05, 4.69) is 6.58 Å². The van der Waals surface area contributed by atoms with Gasteiger partial charge >= 0.3 is 5.97 Å². The Morgan fingerprint density at radius 1 is 1.20 bits per heavy atom. The SMILES string of the molecule is C=C(C)[C@H]1CC[C@@]23O[C@@H]2[C@@H](CC2(C)CC(=O)[C@@H](CC(=O)C1)O2)OC3=O. The Morgan fingerprint density at radius 2 is 1.96 bits per heavy atom. The highest BCUT2D eigenvalue weighted by atomic mass is 16.7. The second kappa shape index (κ2) is 5.48. The highest BCUT2D eigenvalue weighted by molar-refractivity contribution is 5.92. The molecule has 0 radical (unpaired) electrons. The normalized spacial score (nSPS) is 46.6. The fraction of sp³-hybridized carbons (Fsp3) is 0.737. The number of carbonyl (C=O) groups excluding carboxylic acids is 3. The van der Waals surface area contributed by atoms with Gasteiger partial charge in [0.05, 0.1) is 5.60 Å². The van der Waals surface area contributed by atoms with E-state index in [1.165, 1.54) is 0 Å². The first-order valence-corrected chi connectivity index (χ1v) is 8.99. The molecule has 4 saturated heterocycles. The average Bonchev–Trinajstić information content (AvgIpc) is 3.10. The molecule has 4 aliphatic rings. The molecule has 4 bridgehead atoms. The third-order valence-corrected chi connectivity index (χ3v) is 6.10. The number of allylic oxidation sites excluding steroid dienone is 1. The van der Waals surface area contributed by atoms with Crippen LogP contribution in [0.15, 0.2) is 12.2 Å². The summed E-state index contributed by atoms with van der Waals surface area (Å²) >= 11 is 0. The van der Waals surface area contributed by atoms with Crippen LogP contribution < -0.4 is 0 Å². The standard InChI is InChI=1S/C19H24O6/c1-10(2)11-4-5-19-16(25-19)15(23-17(19)22)9-18(3)8-13(21)14(24-18)7-12(20)6-11/h11,14-16H,1,4-9H2,2-3H3/t11-,14+,15+,16+,18?,19+/m0/s1. The zero-order valence-electron chi connectivity index (χ0n) is 14.7. The Morgan fingerprint density at radius 3 is 2.64 bits per heavy atom. The molecular formula is C19H24O6. The molecule has 6 atom stereocenters. The monoisotopic (exact) mass is 348 g/mol. The summed E-state index contributed by atoms with van der Waals surface area (Å²) in [4.78, 5) is 37.1. The summed E-state index contributed by atoms with van der Waals surface area (Å²) < 4.78 is 17.3. The van der Waals surface area contributed by atoms with Crippen molar-refractivity contribution in [1.82, 2.24) is 0 Å². The average molecular weight is 348 g/mol. The Balaban J connectivity index is 1.62. The van der Waals surface area contributed by atoms with Crippen molar-refractivity contribution in [3.8, 4) is 0 Å². The minimum atomic E-state index is -0.867. The van der Waals surface area contributed by atoms with Gasteiger partial charge in [-0.15, -0.1) is 0 Å². The lowest BCUT2D eigenvalue weighted by Crippen LogP contribution is -2.33. The van der Waals surface area contributed by atoms with Crippen LogP contribution in [0.5, 0.6) is 0 Å². The molecule has 1 unspecified atom stereocenters. The molecule has 0 spiro atoms. The van der Waals surface area contributed by atoms with Crippen LogP contribution in [0, 0.1) is 5.92 Å². The predicted octanol–water partition coefficient (Wildman–Crippen LogP) is 1.89. The number of epoxide rings is 1. The van der Waals surface area contributed by atoms with Crippen molar-refractivity contribution in [1.29, 1.82) is 0 Å². The zero-order valence-corrected chi connectivity index (χ0v) is 14.7. The fourth-order valence-electron chi connectivity index (χ4n) is 4.59. The molecule has 4 aliphatic heterocycles. The highest BCUT2D eigenvalue weighted by Gasteiger charge is 2.73. The lowest BCUT2D eigenvalue weighted by atomic mass is 9.84. The number of ketones is 2. The molecule has 25 heavy (non-hydrogen) atoms. The van der Waals surface area contributed by atoms with Gasteiger partial charge in [0.25, 0.3) is 0 Å². The molecule has 0 aromatic carbocycles. The van der Waals surface area contributed by atoms with E-state index < -0.39 is 17.3 Å². The van der Waals surface area contributed by atoms with Crippen molar-refractivity contribution in [2.75, 3.05) is 0 Å². The van der Waals surface area contributed by atoms with E-state index >= 15 is 0 Å².